The molecule has 2 aromatic rings. The van der Waals surface area contributed by atoms with Crippen LogP contribution in [0.2, 0.25) is 10.0 Å². The largest absolute Gasteiger partial charge is 0.484 e. The predicted molar refractivity (Wildman–Crippen MR) is 79.6 cm³/mol. The molecule has 0 saturated heterocycles. The van der Waals surface area contributed by atoms with Crippen molar-refractivity contribution in [2.24, 2.45) is 0 Å². The van der Waals surface area contributed by atoms with Crippen molar-refractivity contribution in [1.82, 2.24) is 0 Å². The zero-order valence-corrected chi connectivity index (χ0v) is 11.9. The Bertz CT molecular complexity index is 700. The fourth-order valence-electron chi connectivity index (χ4n) is 2.28. The smallest absolute Gasteiger partial charge is 0.170 e. The Hall–Kier alpha value is -1.71. The van der Waals surface area contributed by atoms with E-state index in [1.165, 1.54) is 0 Å². The summed E-state index contributed by atoms with van der Waals surface area (Å²) in [6.45, 7) is 0. The van der Waals surface area contributed by atoms with Gasteiger partial charge >= 0.3 is 0 Å². The average Bonchev–Trinajstić information content (AvgIpc) is 2.39. The third-order valence-electron chi connectivity index (χ3n) is 3.25. The van der Waals surface area contributed by atoms with Gasteiger partial charge in [-0.3, -0.25) is 4.79 Å². The molecule has 3 rings (SSSR count). The van der Waals surface area contributed by atoms with Crippen molar-refractivity contribution >= 4 is 34.7 Å². The van der Waals surface area contributed by atoms with Crippen LogP contribution in [0.15, 0.2) is 36.4 Å². The third-order valence-corrected chi connectivity index (χ3v) is 3.82. The Balaban J connectivity index is 1.99. The van der Waals surface area contributed by atoms with E-state index in [0.29, 0.717) is 27.0 Å². The molecule has 0 spiro atoms. The van der Waals surface area contributed by atoms with E-state index < -0.39 is 6.10 Å². The number of ketones is 1. The van der Waals surface area contributed by atoms with Gasteiger partial charge in [0.05, 0.1) is 12.0 Å². The lowest BCUT2D eigenvalue weighted by Crippen LogP contribution is -2.20. The Labute approximate surface area is 126 Å². The second kappa shape index (κ2) is 5.00. The van der Waals surface area contributed by atoms with E-state index in [4.69, 9.17) is 33.7 Å². The summed E-state index contributed by atoms with van der Waals surface area (Å²) in [7, 11) is 0. The summed E-state index contributed by atoms with van der Waals surface area (Å²) < 4.78 is 5.86. The second-order valence-corrected chi connectivity index (χ2v) is 5.50. The molecule has 102 valence electrons. The maximum atomic E-state index is 12.2. The highest BCUT2D eigenvalue weighted by Crippen LogP contribution is 2.38. The van der Waals surface area contributed by atoms with Gasteiger partial charge in [0.1, 0.15) is 11.9 Å². The number of carbonyl (C=O) groups is 1. The topological polar surface area (TPSA) is 52.3 Å². The number of fused-ring (bicyclic) bond motifs is 1. The molecule has 2 aromatic carbocycles. The minimum atomic E-state index is -0.400. The number of nitrogen functional groups attached to an aromatic ring is 1. The Kier molecular flexibility index (Phi) is 3.32. The molecule has 3 nitrogen and oxygen atoms in total. The summed E-state index contributed by atoms with van der Waals surface area (Å²) in [4.78, 5) is 12.2. The predicted octanol–water partition coefficient (Wildman–Crippen LogP) is 4.28. The molecule has 0 radical (unpaired) electrons. The highest BCUT2D eigenvalue weighted by Gasteiger charge is 2.29. The van der Waals surface area contributed by atoms with Crippen LogP contribution < -0.4 is 10.5 Å². The van der Waals surface area contributed by atoms with Gasteiger partial charge < -0.3 is 10.5 Å². The molecule has 2 N–H and O–H groups in total. The first-order chi connectivity index (χ1) is 9.54. The zero-order chi connectivity index (χ0) is 14.3. The number of halogens is 2. The van der Waals surface area contributed by atoms with Crippen LogP contribution in [0.1, 0.15) is 28.4 Å². The summed E-state index contributed by atoms with van der Waals surface area (Å²) in [5.41, 5.74) is 7.51. The SMILES string of the molecule is Nc1ccc2c(c1)C(=O)CC(c1ccc(Cl)cc1Cl)O2. The molecule has 1 aliphatic heterocycles. The summed E-state index contributed by atoms with van der Waals surface area (Å²) in [6, 6.07) is 10.2. The average molecular weight is 308 g/mol. The van der Waals surface area contributed by atoms with Crippen LogP contribution in [0.25, 0.3) is 0 Å². The van der Waals surface area contributed by atoms with Crippen LogP contribution in [0.4, 0.5) is 5.69 Å². The first kappa shape index (κ1) is 13.3. The van der Waals surface area contributed by atoms with Gasteiger partial charge in [0, 0.05) is 21.3 Å². The minimum Gasteiger partial charge on any atom is -0.484 e. The number of Topliss-reactive ketones (excluding diaryl/α,β-unsaturated/α-hetero) is 1. The normalized spacial score (nSPS) is 17.5. The number of nitrogens with two attached hydrogens (primary N) is 1. The maximum absolute atomic E-state index is 12.2. The van der Waals surface area contributed by atoms with Gasteiger partial charge in [-0.1, -0.05) is 29.3 Å². The molecule has 0 aromatic heterocycles. The molecule has 0 amide bonds. The molecule has 1 heterocycles. The van der Waals surface area contributed by atoms with Crippen LogP contribution in [0.5, 0.6) is 5.75 Å². The van der Waals surface area contributed by atoms with E-state index in [2.05, 4.69) is 0 Å². The fraction of sp³-hybridized carbons (Fsp3) is 0.133. The molecule has 5 heteroatoms. The quantitative estimate of drug-likeness (QED) is 0.800. The monoisotopic (exact) mass is 307 g/mol. The van der Waals surface area contributed by atoms with Crippen LogP contribution in [-0.2, 0) is 0 Å². The molecular weight excluding hydrogens is 297 g/mol. The van der Waals surface area contributed by atoms with Crippen molar-refractivity contribution in [2.45, 2.75) is 12.5 Å². The number of benzene rings is 2. The van der Waals surface area contributed by atoms with E-state index in [9.17, 15) is 4.79 Å². The van der Waals surface area contributed by atoms with Crippen LogP contribution in [0, 0.1) is 0 Å². The summed E-state index contributed by atoms with van der Waals surface area (Å²) in [5.74, 6) is 0.529. The lowest BCUT2D eigenvalue weighted by molar-refractivity contribution is 0.0850. The number of anilines is 1. The van der Waals surface area contributed by atoms with Gasteiger partial charge in [-0.2, -0.15) is 0 Å². The molecule has 20 heavy (non-hydrogen) atoms. The van der Waals surface area contributed by atoms with Gasteiger partial charge in [-0.05, 0) is 30.3 Å². The first-order valence-corrected chi connectivity index (χ1v) is 6.84. The second-order valence-electron chi connectivity index (χ2n) is 4.66. The lowest BCUT2D eigenvalue weighted by Gasteiger charge is -2.26. The van der Waals surface area contributed by atoms with Crippen molar-refractivity contribution < 1.29 is 9.53 Å². The standard InChI is InChI=1S/C15H11Cl2NO2/c16-8-1-3-10(12(17)5-8)15-7-13(19)11-6-9(18)2-4-14(11)20-15/h1-6,15H,7,18H2. The van der Waals surface area contributed by atoms with Crippen LogP contribution >= 0.6 is 23.2 Å². The first-order valence-electron chi connectivity index (χ1n) is 6.09. The van der Waals surface area contributed by atoms with E-state index in [1.54, 1.807) is 36.4 Å². The van der Waals surface area contributed by atoms with Crippen molar-refractivity contribution in [3.8, 4) is 5.75 Å². The highest BCUT2D eigenvalue weighted by molar-refractivity contribution is 6.35. The number of rotatable bonds is 1. The van der Waals surface area contributed by atoms with Gasteiger partial charge in [0.25, 0.3) is 0 Å². The number of ether oxygens (including phenoxy) is 1. The molecular formula is C15H11Cl2NO2. The maximum Gasteiger partial charge on any atom is 0.170 e. The molecule has 0 fully saturated rings. The van der Waals surface area contributed by atoms with E-state index in [1.807, 2.05) is 0 Å². The molecule has 1 atom stereocenters. The number of hydrogen-bond donors (Lipinski definition) is 1. The summed E-state index contributed by atoms with van der Waals surface area (Å²) in [5, 5.41) is 1.04. The highest BCUT2D eigenvalue weighted by atomic mass is 35.5. The van der Waals surface area contributed by atoms with E-state index in [-0.39, 0.29) is 12.2 Å². The fourth-order valence-corrected chi connectivity index (χ4v) is 2.81. The van der Waals surface area contributed by atoms with Crippen molar-refractivity contribution in [3.63, 3.8) is 0 Å². The van der Waals surface area contributed by atoms with Gasteiger partial charge in [-0.15, -0.1) is 0 Å². The Morgan fingerprint density at radius 3 is 2.70 bits per heavy atom. The molecule has 1 unspecified atom stereocenters. The molecule has 1 aliphatic rings. The lowest BCUT2D eigenvalue weighted by atomic mass is 9.96. The van der Waals surface area contributed by atoms with Crippen molar-refractivity contribution in [1.29, 1.82) is 0 Å². The van der Waals surface area contributed by atoms with Crippen molar-refractivity contribution in [3.05, 3.63) is 57.6 Å². The Morgan fingerprint density at radius 2 is 1.95 bits per heavy atom. The van der Waals surface area contributed by atoms with Crippen molar-refractivity contribution in [2.75, 3.05) is 5.73 Å². The summed E-state index contributed by atoms with van der Waals surface area (Å²) in [6.07, 6.45) is -0.166. The van der Waals surface area contributed by atoms with Gasteiger partial charge in [0.2, 0.25) is 0 Å². The number of hydrogen-bond acceptors (Lipinski definition) is 3. The van der Waals surface area contributed by atoms with Gasteiger partial charge in [0.15, 0.2) is 5.78 Å². The minimum absolute atomic E-state index is 0.00503. The van der Waals surface area contributed by atoms with Crippen LogP contribution in [0.3, 0.4) is 0 Å². The molecule has 0 bridgehead atoms. The number of carbonyl (C=O) groups excluding carboxylic acids is 1. The zero-order valence-electron chi connectivity index (χ0n) is 10.4. The third kappa shape index (κ3) is 2.35. The van der Waals surface area contributed by atoms with E-state index in [0.717, 1.165) is 5.56 Å². The summed E-state index contributed by atoms with van der Waals surface area (Å²) >= 11 is 12.0. The molecule has 0 saturated carbocycles. The van der Waals surface area contributed by atoms with E-state index >= 15 is 0 Å². The van der Waals surface area contributed by atoms with Gasteiger partial charge in [-0.25, -0.2) is 0 Å². The Morgan fingerprint density at radius 1 is 1.15 bits per heavy atom. The van der Waals surface area contributed by atoms with Crippen LogP contribution in [-0.4, -0.2) is 5.78 Å². The molecule has 0 aliphatic carbocycles.